The van der Waals surface area contributed by atoms with Crippen molar-refractivity contribution in [2.75, 3.05) is 16.2 Å². The summed E-state index contributed by atoms with van der Waals surface area (Å²) < 4.78 is 92.0. The van der Waals surface area contributed by atoms with E-state index in [1.807, 2.05) is 0 Å². The lowest BCUT2D eigenvalue weighted by Gasteiger charge is -2.36. The smallest absolute Gasteiger partial charge is 0.427 e. The molecule has 0 radical (unpaired) electrons. The van der Waals surface area contributed by atoms with Gasteiger partial charge in [-0.05, 0) is 75.6 Å². The number of amides is 1. The Morgan fingerprint density at radius 2 is 1.85 bits per heavy atom. The fourth-order valence-corrected chi connectivity index (χ4v) is 5.74. The number of fused-ring (bicyclic) bond motifs is 1. The average molecular weight is 575 g/mol. The number of benzene rings is 2. The van der Waals surface area contributed by atoms with Crippen molar-refractivity contribution in [2.24, 2.45) is 5.41 Å². The third kappa shape index (κ3) is 5.60. The van der Waals surface area contributed by atoms with E-state index in [1.54, 1.807) is 0 Å². The minimum atomic E-state index is -4.84. The van der Waals surface area contributed by atoms with Crippen molar-refractivity contribution in [2.45, 2.75) is 62.8 Å². The van der Waals surface area contributed by atoms with Crippen LogP contribution in [-0.4, -0.2) is 50.0 Å². The molecule has 4 rings (SSSR count). The van der Waals surface area contributed by atoms with Crippen LogP contribution in [0.15, 0.2) is 41.3 Å². The number of aryl methyl sites for hydroxylation is 1. The van der Waals surface area contributed by atoms with E-state index < -0.39 is 51.2 Å². The number of anilines is 2. The molecule has 2 aliphatic rings. The van der Waals surface area contributed by atoms with Crippen LogP contribution in [0.3, 0.4) is 0 Å². The highest BCUT2D eigenvalue weighted by Gasteiger charge is 2.53. The summed E-state index contributed by atoms with van der Waals surface area (Å²) in [5.74, 6) is -1.58. The molecule has 39 heavy (non-hydrogen) atoms. The van der Waals surface area contributed by atoms with E-state index in [-0.39, 0.29) is 40.5 Å². The van der Waals surface area contributed by atoms with E-state index in [9.17, 15) is 40.7 Å². The number of halogens is 4. The molecular formula is C25H26F4N2O7S. The van der Waals surface area contributed by atoms with Gasteiger partial charge in [0.25, 0.3) is 10.0 Å². The van der Waals surface area contributed by atoms with Crippen LogP contribution in [0.1, 0.15) is 38.7 Å². The molecule has 1 aliphatic heterocycles. The first-order valence-corrected chi connectivity index (χ1v) is 13.3. The number of carboxylic acid groups (broad SMARTS) is 1. The van der Waals surface area contributed by atoms with Gasteiger partial charge in [-0.1, -0.05) is 0 Å². The van der Waals surface area contributed by atoms with Gasteiger partial charge in [-0.3, -0.25) is 14.4 Å². The lowest BCUT2D eigenvalue weighted by Crippen LogP contribution is -2.45. The van der Waals surface area contributed by atoms with Gasteiger partial charge < -0.3 is 14.6 Å². The summed E-state index contributed by atoms with van der Waals surface area (Å²) in [5, 5.41) is 11.8. The number of carbonyl (C=O) groups excluding carboxylic acids is 1. The Bertz CT molecular complexity index is 1420. The number of carboxylic acids is 1. The Hall–Kier alpha value is -3.55. The van der Waals surface area contributed by atoms with Crippen LogP contribution in [0.4, 0.5) is 33.7 Å². The van der Waals surface area contributed by atoms with Gasteiger partial charge in [0, 0.05) is 12.1 Å². The van der Waals surface area contributed by atoms with Crippen molar-refractivity contribution in [3.8, 4) is 5.75 Å². The van der Waals surface area contributed by atoms with Crippen LogP contribution in [-0.2, 0) is 19.6 Å². The first kappa shape index (κ1) is 28.5. The number of alkyl halides is 3. The Balaban J connectivity index is 1.69. The van der Waals surface area contributed by atoms with E-state index in [4.69, 9.17) is 4.74 Å². The zero-order valence-electron chi connectivity index (χ0n) is 21.1. The first-order chi connectivity index (χ1) is 17.9. The molecule has 1 unspecified atom stereocenters. The third-order valence-electron chi connectivity index (χ3n) is 6.81. The molecule has 0 spiro atoms. The third-order valence-corrected chi connectivity index (χ3v) is 8.59. The molecule has 212 valence electrons. The van der Waals surface area contributed by atoms with Crippen molar-refractivity contribution in [3.05, 3.63) is 47.8 Å². The van der Waals surface area contributed by atoms with Crippen molar-refractivity contribution in [1.82, 2.24) is 0 Å². The fourth-order valence-electron chi connectivity index (χ4n) is 4.15. The van der Waals surface area contributed by atoms with Gasteiger partial charge in [0.1, 0.15) is 17.7 Å². The second-order valence-corrected chi connectivity index (χ2v) is 12.0. The fraction of sp³-hybridized carbons (Fsp3) is 0.440. The molecule has 1 atom stereocenters. The van der Waals surface area contributed by atoms with Crippen LogP contribution >= 0.6 is 0 Å². The van der Waals surface area contributed by atoms with E-state index in [0.29, 0.717) is 26.7 Å². The maximum absolute atomic E-state index is 13.9. The molecule has 1 fully saturated rings. The van der Waals surface area contributed by atoms with Gasteiger partial charge in [0.15, 0.2) is 0 Å². The molecule has 1 aliphatic carbocycles. The number of nitrogens with one attached hydrogen (secondary N) is 1. The number of ether oxygens (including phenoxy) is 2. The minimum Gasteiger partial charge on any atom is -0.486 e. The maximum atomic E-state index is 13.9. The van der Waals surface area contributed by atoms with Crippen LogP contribution in [0, 0.1) is 18.2 Å². The molecule has 1 saturated carbocycles. The van der Waals surface area contributed by atoms with Gasteiger partial charge in [0.05, 0.1) is 22.5 Å². The summed E-state index contributed by atoms with van der Waals surface area (Å²) >= 11 is 0. The summed E-state index contributed by atoms with van der Waals surface area (Å²) in [5.41, 5.74) is -3.88. The molecule has 0 saturated heterocycles. The van der Waals surface area contributed by atoms with Crippen LogP contribution in [0.5, 0.6) is 5.75 Å². The Morgan fingerprint density at radius 3 is 2.41 bits per heavy atom. The number of carbonyl (C=O) groups is 2. The summed E-state index contributed by atoms with van der Waals surface area (Å²) in [6.07, 6.45) is -6.24. The summed E-state index contributed by atoms with van der Waals surface area (Å²) in [4.78, 5) is 23.7. The summed E-state index contributed by atoms with van der Waals surface area (Å²) in [6.45, 7) is 2.45. The Labute approximate surface area is 221 Å². The SMILES string of the molecule is Cc1cc(S(=O)(=O)N2CC(CC3(C(=O)O)CC3)Oc3ccc(NC(=O)OC(C)(C)C(F)(F)F)cc32)ccc1F. The molecule has 2 aromatic rings. The molecule has 2 aromatic carbocycles. The van der Waals surface area contributed by atoms with Crippen molar-refractivity contribution in [3.63, 3.8) is 0 Å². The number of rotatable bonds is 7. The normalized spacial score (nSPS) is 18.5. The number of aliphatic carboxylic acids is 1. The molecule has 14 heteroatoms. The summed E-state index contributed by atoms with van der Waals surface area (Å²) in [7, 11) is -4.35. The monoisotopic (exact) mass is 574 g/mol. The predicted molar refractivity (Wildman–Crippen MR) is 131 cm³/mol. The van der Waals surface area contributed by atoms with E-state index >= 15 is 0 Å². The molecular weight excluding hydrogens is 548 g/mol. The topological polar surface area (TPSA) is 122 Å². The second-order valence-electron chi connectivity index (χ2n) is 10.2. The maximum Gasteiger partial charge on any atom is 0.427 e. The number of hydrogen-bond donors (Lipinski definition) is 2. The lowest BCUT2D eigenvalue weighted by atomic mass is 9.97. The molecule has 9 nitrogen and oxygen atoms in total. The summed E-state index contributed by atoms with van der Waals surface area (Å²) in [6, 6.07) is 7.00. The zero-order chi connectivity index (χ0) is 29.0. The number of nitrogens with zero attached hydrogens (tertiary/aromatic N) is 1. The highest BCUT2D eigenvalue weighted by Crippen LogP contribution is 2.51. The quantitative estimate of drug-likeness (QED) is 0.434. The minimum absolute atomic E-state index is 0.0368. The highest BCUT2D eigenvalue weighted by atomic mass is 32.2. The Morgan fingerprint density at radius 1 is 1.18 bits per heavy atom. The van der Waals surface area contributed by atoms with Gasteiger partial charge in [0.2, 0.25) is 5.60 Å². The lowest BCUT2D eigenvalue weighted by molar-refractivity contribution is -0.242. The van der Waals surface area contributed by atoms with E-state index in [1.165, 1.54) is 25.1 Å². The molecule has 1 amide bonds. The van der Waals surface area contributed by atoms with E-state index in [0.717, 1.165) is 22.5 Å². The van der Waals surface area contributed by atoms with E-state index in [2.05, 4.69) is 10.1 Å². The van der Waals surface area contributed by atoms with Crippen molar-refractivity contribution >= 4 is 33.5 Å². The van der Waals surface area contributed by atoms with Gasteiger partial charge in [-0.2, -0.15) is 13.2 Å². The van der Waals surface area contributed by atoms with Crippen LogP contribution in [0.2, 0.25) is 0 Å². The molecule has 2 N–H and O–H groups in total. The van der Waals surface area contributed by atoms with Crippen LogP contribution < -0.4 is 14.4 Å². The predicted octanol–water partition coefficient (Wildman–Crippen LogP) is 5.23. The van der Waals surface area contributed by atoms with Crippen molar-refractivity contribution in [1.29, 1.82) is 0 Å². The molecule has 0 aromatic heterocycles. The number of sulfonamides is 1. The standard InChI is InChI=1S/C25H26F4N2O7S/c1-14-10-17(5-6-18(14)26)39(35,36)31-13-16(12-24(8-9-24)21(32)33)37-20-7-4-15(11-19(20)31)30-22(34)38-23(2,3)25(27,28)29/h4-7,10-11,16H,8-9,12-13H2,1-3H3,(H,30,34)(H,32,33). The van der Waals surface area contributed by atoms with Crippen LogP contribution in [0.25, 0.3) is 0 Å². The van der Waals surface area contributed by atoms with Gasteiger partial charge in [-0.15, -0.1) is 0 Å². The molecule has 0 bridgehead atoms. The van der Waals surface area contributed by atoms with Gasteiger partial charge >= 0.3 is 18.2 Å². The first-order valence-electron chi connectivity index (χ1n) is 11.8. The highest BCUT2D eigenvalue weighted by molar-refractivity contribution is 7.92. The van der Waals surface area contributed by atoms with Crippen molar-refractivity contribution < 1.29 is 50.1 Å². The Kier molecular flexibility index (Phi) is 6.99. The largest absolute Gasteiger partial charge is 0.486 e. The van der Waals surface area contributed by atoms with Gasteiger partial charge in [-0.25, -0.2) is 17.6 Å². The zero-order valence-corrected chi connectivity index (χ0v) is 22.0. The number of hydrogen-bond acceptors (Lipinski definition) is 6. The average Bonchev–Trinajstić information content (AvgIpc) is 3.60. The second kappa shape index (κ2) is 9.57. The molecule has 1 heterocycles.